The van der Waals surface area contributed by atoms with E-state index in [0.717, 1.165) is 12.8 Å². The van der Waals surface area contributed by atoms with E-state index >= 15 is 0 Å². The maximum Gasteiger partial charge on any atom is 0.331 e. The van der Waals surface area contributed by atoms with E-state index in [1.165, 1.54) is 16.4 Å². The molecule has 5 nitrogen and oxygen atoms in total. The van der Waals surface area contributed by atoms with Gasteiger partial charge >= 0.3 is 5.97 Å². The van der Waals surface area contributed by atoms with Crippen LogP contribution in [-0.2, 0) is 18.8 Å². The highest BCUT2D eigenvalue weighted by molar-refractivity contribution is 6.99. The van der Waals surface area contributed by atoms with Crippen molar-refractivity contribution in [1.82, 2.24) is 4.90 Å². The summed E-state index contributed by atoms with van der Waals surface area (Å²) in [6.07, 6.45) is 6.32. The summed E-state index contributed by atoms with van der Waals surface area (Å²) in [5, 5.41) is 2.17. The Kier molecular flexibility index (Phi) is 8.00. The van der Waals surface area contributed by atoms with E-state index in [1.54, 1.807) is 12.2 Å². The van der Waals surface area contributed by atoms with E-state index in [1.807, 2.05) is 17.0 Å². The molecule has 2 aliphatic heterocycles. The van der Waals surface area contributed by atoms with E-state index in [-0.39, 0.29) is 23.0 Å². The molecular weight excluding hydrogens is 478 g/mol. The molecule has 194 valence electrons. The van der Waals surface area contributed by atoms with Gasteiger partial charge in [0, 0.05) is 18.1 Å². The summed E-state index contributed by atoms with van der Waals surface area (Å²) in [5.74, 6) is -0.366. The zero-order valence-corrected chi connectivity index (χ0v) is 23.1. The van der Waals surface area contributed by atoms with E-state index in [2.05, 4.69) is 82.5 Å². The SMILES string of the molecule is C=CC1=CC(=O)O[C@H]1[C@H]1CCCC(=O)N1[C@H](C=C)CO[Si](c1ccccc1)(c1ccccc1)C(C)(C)C. The second-order valence-corrected chi connectivity index (χ2v) is 15.0. The van der Waals surface area contributed by atoms with Gasteiger partial charge in [-0.25, -0.2) is 4.79 Å². The van der Waals surface area contributed by atoms with Gasteiger partial charge in [0.1, 0.15) is 6.10 Å². The Bertz CT molecular complexity index is 1130. The number of nitrogens with zero attached hydrogens (tertiary/aromatic N) is 1. The van der Waals surface area contributed by atoms with E-state index in [0.29, 0.717) is 18.6 Å². The lowest BCUT2D eigenvalue weighted by Crippen LogP contribution is -2.67. The highest BCUT2D eigenvalue weighted by Gasteiger charge is 2.51. The number of benzene rings is 2. The fraction of sp³-hybridized carbons (Fsp3) is 0.355. The van der Waals surface area contributed by atoms with Crippen LogP contribution in [0.3, 0.4) is 0 Å². The molecule has 1 fully saturated rings. The van der Waals surface area contributed by atoms with Crippen LogP contribution in [0, 0.1) is 0 Å². The van der Waals surface area contributed by atoms with Crippen LogP contribution in [0.15, 0.2) is 97.6 Å². The van der Waals surface area contributed by atoms with Gasteiger partial charge in [-0.3, -0.25) is 4.79 Å². The summed E-state index contributed by atoms with van der Waals surface area (Å²) in [6, 6.07) is 20.2. The van der Waals surface area contributed by atoms with Gasteiger partial charge in [-0.2, -0.15) is 0 Å². The lowest BCUT2D eigenvalue weighted by molar-refractivity contribution is -0.150. The molecular formula is C31H37NO4Si. The third-order valence-corrected chi connectivity index (χ3v) is 12.5. The molecule has 2 aliphatic rings. The molecule has 0 spiro atoms. The topological polar surface area (TPSA) is 55.8 Å². The molecule has 1 saturated heterocycles. The monoisotopic (exact) mass is 515 g/mol. The average Bonchev–Trinajstić information content (AvgIpc) is 3.28. The summed E-state index contributed by atoms with van der Waals surface area (Å²) in [7, 11) is -2.80. The molecule has 6 heteroatoms. The van der Waals surface area contributed by atoms with E-state index in [9.17, 15) is 9.59 Å². The maximum absolute atomic E-state index is 13.3. The Morgan fingerprint density at radius 1 is 1.05 bits per heavy atom. The lowest BCUT2D eigenvalue weighted by Gasteiger charge is -2.46. The van der Waals surface area contributed by atoms with Crippen molar-refractivity contribution in [3.8, 4) is 0 Å². The minimum atomic E-state index is -2.80. The number of ether oxygens (including phenoxy) is 1. The predicted octanol–water partition coefficient (Wildman–Crippen LogP) is 4.54. The number of hydrogen-bond donors (Lipinski definition) is 0. The molecule has 0 unspecified atom stereocenters. The van der Waals surface area contributed by atoms with Crippen LogP contribution in [-0.4, -0.2) is 49.9 Å². The molecule has 2 aromatic carbocycles. The first kappa shape index (κ1) is 26.8. The molecule has 3 atom stereocenters. The number of hydrogen-bond acceptors (Lipinski definition) is 4. The highest BCUT2D eigenvalue weighted by atomic mass is 28.4. The van der Waals surface area contributed by atoms with Crippen LogP contribution in [0.5, 0.6) is 0 Å². The van der Waals surface area contributed by atoms with Crippen LogP contribution in [0.2, 0.25) is 5.04 Å². The first-order valence-electron chi connectivity index (χ1n) is 13.0. The third kappa shape index (κ3) is 5.13. The van der Waals surface area contributed by atoms with Crippen molar-refractivity contribution in [3.05, 3.63) is 97.6 Å². The van der Waals surface area contributed by atoms with E-state index < -0.39 is 20.4 Å². The normalized spacial score (nSPS) is 21.3. The molecule has 37 heavy (non-hydrogen) atoms. The van der Waals surface area contributed by atoms with E-state index in [4.69, 9.17) is 9.16 Å². The Hall–Kier alpha value is -3.22. The summed E-state index contributed by atoms with van der Waals surface area (Å²) in [4.78, 5) is 27.3. The maximum atomic E-state index is 13.3. The molecule has 2 heterocycles. The van der Waals surface area contributed by atoms with Crippen molar-refractivity contribution in [1.29, 1.82) is 0 Å². The quantitative estimate of drug-likeness (QED) is 0.280. The lowest BCUT2D eigenvalue weighted by atomic mass is 9.91. The number of rotatable bonds is 9. The number of carbonyl (C=O) groups is 2. The molecule has 0 N–H and O–H groups in total. The molecule has 2 aromatic rings. The zero-order chi connectivity index (χ0) is 26.6. The minimum absolute atomic E-state index is 0.0264. The van der Waals surface area contributed by atoms with Crippen LogP contribution in [0.25, 0.3) is 0 Å². The second-order valence-electron chi connectivity index (χ2n) is 10.7. The van der Waals surface area contributed by atoms with Crippen molar-refractivity contribution in [2.24, 2.45) is 0 Å². The smallest absolute Gasteiger partial charge is 0.331 e. The number of amides is 1. The Labute approximate surface area is 221 Å². The molecule has 1 amide bonds. The number of carbonyl (C=O) groups excluding carboxylic acids is 2. The van der Waals surface area contributed by atoms with Gasteiger partial charge in [-0.1, -0.05) is 100 Å². The minimum Gasteiger partial charge on any atom is -0.452 e. The van der Waals surface area contributed by atoms with Crippen molar-refractivity contribution in [2.75, 3.05) is 6.61 Å². The van der Waals surface area contributed by atoms with Gasteiger partial charge in [0.25, 0.3) is 8.32 Å². The number of cyclic esters (lactones) is 1. The van der Waals surface area contributed by atoms with Crippen molar-refractivity contribution in [3.63, 3.8) is 0 Å². The predicted molar refractivity (Wildman–Crippen MR) is 150 cm³/mol. The summed E-state index contributed by atoms with van der Waals surface area (Å²) in [5.41, 5.74) is 0.713. The second kappa shape index (κ2) is 11.0. The molecule has 0 saturated carbocycles. The van der Waals surface area contributed by atoms with Gasteiger partial charge in [-0.15, -0.1) is 6.58 Å². The van der Waals surface area contributed by atoms with Crippen LogP contribution in [0.4, 0.5) is 0 Å². The molecule has 0 radical (unpaired) electrons. The van der Waals surface area contributed by atoms with Crippen molar-refractivity contribution < 1.29 is 18.8 Å². The Morgan fingerprint density at radius 2 is 1.65 bits per heavy atom. The van der Waals surface area contributed by atoms with Gasteiger partial charge < -0.3 is 14.1 Å². The standard InChI is InChI=1S/C31H37NO4Si/c1-6-23-21-29(34)36-30(23)27-19-14-20-28(33)32(27)24(7-2)22-35-37(31(3,4)5,25-15-10-8-11-16-25)26-17-12-9-13-18-26/h6-13,15-18,21,24,27,30H,1-2,14,19-20,22H2,3-5H3/t24-,27-,30-/m1/s1. The largest absolute Gasteiger partial charge is 0.452 e. The average molecular weight is 516 g/mol. The number of esters is 1. The van der Waals surface area contributed by atoms with Gasteiger partial charge in [0.05, 0.1) is 18.7 Å². The number of likely N-dealkylation sites (tertiary alicyclic amines) is 1. The van der Waals surface area contributed by atoms with Crippen LogP contribution < -0.4 is 10.4 Å². The van der Waals surface area contributed by atoms with Gasteiger partial charge in [0.2, 0.25) is 5.91 Å². The molecule has 4 rings (SSSR count). The molecule has 0 bridgehead atoms. The highest BCUT2D eigenvalue weighted by Crippen LogP contribution is 2.38. The Morgan fingerprint density at radius 3 is 2.16 bits per heavy atom. The first-order chi connectivity index (χ1) is 17.7. The van der Waals surface area contributed by atoms with Crippen molar-refractivity contribution in [2.45, 2.75) is 63.3 Å². The third-order valence-electron chi connectivity index (χ3n) is 7.49. The van der Waals surface area contributed by atoms with Gasteiger partial charge in [-0.05, 0) is 28.3 Å². The van der Waals surface area contributed by atoms with Crippen LogP contribution in [0.1, 0.15) is 40.0 Å². The van der Waals surface area contributed by atoms with Gasteiger partial charge in [0.15, 0.2) is 0 Å². The fourth-order valence-electron chi connectivity index (χ4n) is 5.80. The van der Waals surface area contributed by atoms with Crippen molar-refractivity contribution >= 4 is 30.6 Å². The molecule has 0 aromatic heterocycles. The Balaban J connectivity index is 1.72. The fourth-order valence-corrected chi connectivity index (χ4v) is 10.4. The molecule has 0 aliphatic carbocycles. The summed E-state index contributed by atoms with van der Waals surface area (Å²) < 4.78 is 12.8. The summed E-state index contributed by atoms with van der Waals surface area (Å²) >= 11 is 0. The summed E-state index contributed by atoms with van der Waals surface area (Å²) in [6.45, 7) is 14.9. The van der Waals surface area contributed by atoms with Crippen LogP contribution >= 0.6 is 0 Å². The zero-order valence-electron chi connectivity index (χ0n) is 22.1. The first-order valence-corrected chi connectivity index (χ1v) is 14.9. The number of piperidine rings is 1.